The van der Waals surface area contributed by atoms with E-state index in [1.807, 2.05) is 0 Å². The third-order valence-corrected chi connectivity index (χ3v) is 19.6. The summed E-state index contributed by atoms with van der Waals surface area (Å²) in [4.78, 5) is 72.6. The van der Waals surface area contributed by atoms with Crippen LogP contribution < -0.4 is 0 Å². The van der Waals surface area contributed by atoms with Crippen LogP contribution in [0.3, 0.4) is 0 Å². The minimum absolute atomic E-state index is 0.106. The van der Waals surface area contributed by atoms with Crippen molar-refractivity contribution in [3.8, 4) is 0 Å². The van der Waals surface area contributed by atoms with Crippen LogP contribution in [-0.4, -0.2) is 96.7 Å². The number of carbonyl (C=O) groups excluding carboxylic acids is 4. The van der Waals surface area contributed by atoms with Crippen molar-refractivity contribution in [3.63, 3.8) is 0 Å². The number of phosphoric acid groups is 2. The second-order valence-electron chi connectivity index (χ2n) is 26.8. The summed E-state index contributed by atoms with van der Waals surface area (Å²) in [5.41, 5.74) is 0. The lowest BCUT2D eigenvalue weighted by atomic mass is 9.99. The Kier molecular flexibility index (Phi) is 63.7. The summed E-state index contributed by atoms with van der Waals surface area (Å²) in [5, 5.41) is 10.6. The van der Waals surface area contributed by atoms with Gasteiger partial charge < -0.3 is 33.8 Å². The van der Waals surface area contributed by atoms with Crippen LogP contribution in [0.15, 0.2) is 0 Å². The molecule has 4 unspecified atom stereocenters. The van der Waals surface area contributed by atoms with E-state index in [9.17, 15) is 43.2 Å². The Bertz CT molecular complexity index is 1790. The molecule has 0 fully saturated rings. The fraction of sp³-hybridized carbons (Fsp3) is 0.945. The van der Waals surface area contributed by atoms with Crippen molar-refractivity contribution in [2.75, 3.05) is 39.6 Å². The van der Waals surface area contributed by atoms with Gasteiger partial charge in [0.05, 0.1) is 26.4 Å². The van der Waals surface area contributed by atoms with Gasteiger partial charge in [0.25, 0.3) is 0 Å². The standard InChI is InChI=1S/C73H142O17P2/c1-7-11-13-15-17-18-19-20-21-22-23-24-25-33-39-45-51-57-72(77)90-69(62-84-71(76)56-50-44-38-32-28-26-30-36-41-47-53-65(5)9-3)64-88-92(81,82)86-60-67(74)59-85-91(79,80)87-63-68(61-83-70(75)55-49-43-35-16-14-12-8-2)89-73(78)58-52-46-40-34-29-27-31-37-42-48-54-66(6)10-4/h65-69,74H,7-64H2,1-6H3,(H,79,80)(H,81,82)/t65?,66?,67-,68+,69+/m0/s1. The Morgan fingerprint density at radius 1 is 0.304 bits per heavy atom. The number of esters is 4. The van der Waals surface area contributed by atoms with E-state index >= 15 is 0 Å². The van der Waals surface area contributed by atoms with E-state index in [1.54, 1.807) is 0 Å². The molecule has 0 heterocycles. The van der Waals surface area contributed by atoms with E-state index in [0.717, 1.165) is 115 Å². The van der Waals surface area contributed by atoms with Crippen LogP contribution in [0.1, 0.15) is 375 Å². The lowest BCUT2D eigenvalue weighted by Gasteiger charge is -2.21. The number of rotatable bonds is 72. The smallest absolute Gasteiger partial charge is 0.462 e. The molecule has 0 amide bonds. The predicted octanol–water partition coefficient (Wildman–Crippen LogP) is 21.2. The maximum Gasteiger partial charge on any atom is 0.472 e. The molecule has 0 aromatic rings. The summed E-state index contributed by atoms with van der Waals surface area (Å²) in [7, 11) is -9.90. The van der Waals surface area contributed by atoms with Gasteiger partial charge in [-0.2, -0.15) is 0 Å². The molecule has 92 heavy (non-hydrogen) atoms. The molecule has 0 saturated heterocycles. The molecule has 19 heteroatoms. The maximum absolute atomic E-state index is 13.1. The molecule has 0 aromatic heterocycles. The molecule has 3 N–H and O–H groups in total. The van der Waals surface area contributed by atoms with Crippen molar-refractivity contribution in [2.45, 2.75) is 394 Å². The average Bonchev–Trinajstić information content (AvgIpc) is 3.50. The number of carbonyl (C=O) groups is 4. The molecule has 0 aliphatic rings. The first-order valence-corrected chi connectivity index (χ1v) is 41.1. The van der Waals surface area contributed by atoms with Gasteiger partial charge in [0.1, 0.15) is 19.3 Å². The highest BCUT2D eigenvalue weighted by atomic mass is 31.2. The fourth-order valence-corrected chi connectivity index (χ4v) is 12.6. The number of unbranched alkanes of at least 4 members (excludes halogenated alkanes) is 40. The van der Waals surface area contributed by atoms with Gasteiger partial charge in [0.2, 0.25) is 0 Å². The highest BCUT2D eigenvalue weighted by molar-refractivity contribution is 7.47. The summed E-state index contributed by atoms with van der Waals surface area (Å²) in [6.07, 6.45) is 51.3. The van der Waals surface area contributed by atoms with Crippen molar-refractivity contribution >= 4 is 39.5 Å². The molecule has 7 atom stereocenters. The molecule has 0 rings (SSSR count). The maximum atomic E-state index is 13.1. The number of aliphatic hydroxyl groups is 1. The first-order valence-electron chi connectivity index (χ1n) is 38.1. The monoisotopic (exact) mass is 1350 g/mol. The second kappa shape index (κ2) is 65.0. The van der Waals surface area contributed by atoms with Crippen molar-refractivity contribution in [1.82, 2.24) is 0 Å². The lowest BCUT2D eigenvalue weighted by Crippen LogP contribution is -2.30. The molecular weight excluding hydrogens is 1210 g/mol. The molecule has 0 saturated carbocycles. The topological polar surface area (TPSA) is 237 Å². The van der Waals surface area contributed by atoms with Gasteiger partial charge in [-0.25, -0.2) is 9.13 Å². The highest BCUT2D eigenvalue weighted by Gasteiger charge is 2.30. The van der Waals surface area contributed by atoms with Crippen LogP contribution in [0.4, 0.5) is 0 Å². The molecule has 546 valence electrons. The van der Waals surface area contributed by atoms with Gasteiger partial charge in [-0.05, 0) is 37.5 Å². The SMILES string of the molecule is CCCCCCCCCCCCCCCCCCCC(=O)O[C@H](COC(=O)CCCCCCCCCCCCC(C)CC)COP(=O)(O)OC[C@@H](O)COP(=O)(O)OC[C@@H](COC(=O)CCCCCCCCC)OC(=O)CCCCCCCCCCCCC(C)CC. The van der Waals surface area contributed by atoms with Crippen LogP contribution in [0.2, 0.25) is 0 Å². The largest absolute Gasteiger partial charge is 0.472 e. The fourth-order valence-electron chi connectivity index (χ4n) is 11.1. The van der Waals surface area contributed by atoms with Crippen LogP contribution in [-0.2, 0) is 65.4 Å². The van der Waals surface area contributed by atoms with Gasteiger partial charge in [-0.1, -0.05) is 324 Å². The van der Waals surface area contributed by atoms with Crippen molar-refractivity contribution in [1.29, 1.82) is 0 Å². The van der Waals surface area contributed by atoms with Crippen LogP contribution in [0, 0.1) is 11.8 Å². The Morgan fingerprint density at radius 2 is 0.522 bits per heavy atom. The van der Waals surface area contributed by atoms with E-state index in [0.29, 0.717) is 25.7 Å². The summed E-state index contributed by atoms with van der Waals surface area (Å²) >= 11 is 0. The highest BCUT2D eigenvalue weighted by Crippen LogP contribution is 2.45. The van der Waals surface area contributed by atoms with Gasteiger partial charge >= 0.3 is 39.5 Å². The minimum Gasteiger partial charge on any atom is -0.462 e. The Morgan fingerprint density at radius 3 is 0.772 bits per heavy atom. The quantitative estimate of drug-likeness (QED) is 0.0222. The van der Waals surface area contributed by atoms with Crippen molar-refractivity contribution < 1.29 is 80.2 Å². The van der Waals surface area contributed by atoms with E-state index in [1.165, 1.54) is 180 Å². The lowest BCUT2D eigenvalue weighted by molar-refractivity contribution is -0.161. The predicted molar refractivity (Wildman–Crippen MR) is 372 cm³/mol. The zero-order valence-electron chi connectivity index (χ0n) is 59.9. The summed E-state index contributed by atoms with van der Waals surface area (Å²) in [6, 6.07) is 0. The average molecular weight is 1350 g/mol. The van der Waals surface area contributed by atoms with Crippen LogP contribution >= 0.6 is 15.6 Å². The Hall–Kier alpha value is -1.94. The van der Waals surface area contributed by atoms with E-state index in [-0.39, 0.29) is 25.7 Å². The van der Waals surface area contributed by atoms with Gasteiger partial charge in [0.15, 0.2) is 12.2 Å². The number of hydrogen-bond acceptors (Lipinski definition) is 15. The Balaban J connectivity index is 5.21. The van der Waals surface area contributed by atoms with Gasteiger partial charge in [-0.15, -0.1) is 0 Å². The first kappa shape index (κ1) is 90.1. The van der Waals surface area contributed by atoms with E-state index in [4.69, 9.17) is 37.0 Å². The number of ether oxygens (including phenoxy) is 4. The first-order chi connectivity index (χ1) is 44.4. The van der Waals surface area contributed by atoms with Crippen LogP contribution in [0.25, 0.3) is 0 Å². The molecule has 0 aliphatic heterocycles. The van der Waals surface area contributed by atoms with Crippen molar-refractivity contribution in [2.24, 2.45) is 11.8 Å². The van der Waals surface area contributed by atoms with E-state index < -0.39 is 97.5 Å². The third kappa shape index (κ3) is 64.1. The zero-order valence-corrected chi connectivity index (χ0v) is 61.6. The zero-order chi connectivity index (χ0) is 67.9. The summed E-state index contributed by atoms with van der Waals surface area (Å²) < 4.78 is 68.3. The summed E-state index contributed by atoms with van der Waals surface area (Å²) in [6.45, 7) is 9.59. The van der Waals surface area contributed by atoms with Gasteiger partial charge in [-0.3, -0.25) is 37.3 Å². The Labute approximate surface area is 562 Å². The molecular formula is C73H142O17P2. The molecule has 0 aromatic carbocycles. The molecule has 17 nitrogen and oxygen atoms in total. The number of phosphoric ester groups is 2. The summed E-state index contributed by atoms with van der Waals surface area (Å²) in [5.74, 6) is -0.510. The molecule has 0 bridgehead atoms. The second-order valence-corrected chi connectivity index (χ2v) is 29.7. The molecule has 0 spiro atoms. The van der Waals surface area contributed by atoms with Crippen molar-refractivity contribution in [3.05, 3.63) is 0 Å². The normalized spacial score (nSPS) is 14.7. The third-order valence-electron chi connectivity index (χ3n) is 17.7. The van der Waals surface area contributed by atoms with Gasteiger partial charge in [0, 0.05) is 25.7 Å². The number of hydrogen-bond donors (Lipinski definition) is 3. The van der Waals surface area contributed by atoms with Crippen LogP contribution in [0.5, 0.6) is 0 Å². The number of aliphatic hydroxyl groups excluding tert-OH is 1. The molecule has 0 radical (unpaired) electrons. The molecule has 0 aliphatic carbocycles. The van der Waals surface area contributed by atoms with E-state index in [2.05, 4.69) is 41.5 Å². The minimum atomic E-state index is -4.95.